The van der Waals surface area contributed by atoms with Gasteiger partial charge in [0.2, 0.25) is 0 Å². The molecule has 106 valence electrons. The molecule has 0 bridgehead atoms. The Morgan fingerprint density at radius 2 is 1.95 bits per heavy atom. The first-order valence-corrected chi connectivity index (χ1v) is 7.53. The molecule has 0 fully saturated rings. The van der Waals surface area contributed by atoms with E-state index in [4.69, 9.17) is 0 Å². The largest absolute Gasteiger partial charge is 0.478 e. The quantitative estimate of drug-likeness (QED) is 0.633. The molecule has 1 N–H and O–H groups in total. The lowest BCUT2D eigenvalue weighted by atomic mass is 10.2. The van der Waals surface area contributed by atoms with Crippen LogP contribution in [0.5, 0.6) is 0 Å². The monoisotopic (exact) mass is 282 g/mol. The summed E-state index contributed by atoms with van der Waals surface area (Å²) in [5.41, 5.74) is 0.801. The van der Waals surface area contributed by atoms with E-state index in [-0.39, 0.29) is 11.5 Å². The first-order chi connectivity index (χ1) is 8.86. The second-order valence-corrected chi connectivity index (χ2v) is 6.45. The van der Waals surface area contributed by atoms with E-state index >= 15 is 0 Å². The van der Waals surface area contributed by atoms with Gasteiger partial charge < -0.3 is 5.11 Å². The third-order valence-corrected chi connectivity index (χ3v) is 3.97. The highest BCUT2D eigenvalue weighted by atomic mass is 32.2. The molecule has 0 aromatic carbocycles. The number of aromatic carboxylic acids is 1. The summed E-state index contributed by atoms with van der Waals surface area (Å²) in [5.74, 6) is -0.0323. The summed E-state index contributed by atoms with van der Waals surface area (Å²) in [4.78, 5) is 20.1. The molecule has 0 aliphatic rings. The zero-order chi connectivity index (χ0) is 14.6. The number of hydrogen-bond acceptors (Lipinski definition) is 4. The molecule has 1 atom stereocenters. The van der Waals surface area contributed by atoms with E-state index in [0.717, 1.165) is 12.8 Å². The van der Waals surface area contributed by atoms with Crippen LogP contribution in [0.3, 0.4) is 0 Å². The number of carbonyl (C=O) groups is 1. The van der Waals surface area contributed by atoms with Crippen LogP contribution in [0.2, 0.25) is 0 Å². The Labute approximate surface area is 119 Å². The van der Waals surface area contributed by atoms with Crippen molar-refractivity contribution in [3.63, 3.8) is 0 Å². The van der Waals surface area contributed by atoms with Crippen LogP contribution in [-0.2, 0) is 0 Å². The van der Waals surface area contributed by atoms with Gasteiger partial charge in [0.1, 0.15) is 16.4 Å². The molecule has 1 aromatic heterocycles. The lowest BCUT2D eigenvalue weighted by molar-refractivity contribution is 0.0690. The van der Waals surface area contributed by atoms with Gasteiger partial charge >= 0.3 is 5.97 Å². The minimum Gasteiger partial charge on any atom is -0.478 e. The fourth-order valence-electron chi connectivity index (χ4n) is 1.81. The van der Waals surface area contributed by atoms with E-state index in [1.165, 1.54) is 11.8 Å². The number of hydrogen-bond donors (Lipinski definition) is 1. The molecule has 19 heavy (non-hydrogen) atoms. The molecular formula is C14H22N2O2S. The first kappa shape index (κ1) is 16.0. The van der Waals surface area contributed by atoms with Crippen molar-refractivity contribution < 1.29 is 9.90 Å². The molecule has 1 rings (SSSR count). The van der Waals surface area contributed by atoms with Crippen molar-refractivity contribution in [1.29, 1.82) is 0 Å². The van der Waals surface area contributed by atoms with Crippen LogP contribution in [0.4, 0.5) is 0 Å². The van der Waals surface area contributed by atoms with Crippen LogP contribution in [0.25, 0.3) is 0 Å². The van der Waals surface area contributed by atoms with Gasteiger partial charge in [-0.1, -0.05) is 34.1 Å². The van der Waals surface area contributed by atoms with E-state index < -0.39 is 5.97 Å². The summed E-state index contributed by atoms with van der Waals surface area (Å²) in [7, 11) is 0. The van der Waals surface area contributed by atoms with Crippen molar-refractivity contribution in [2.24, 2.45) is 0 Å². The van der Waals surface area contributed by atoms with Crippen molar-refractivity contribution in [2.75, 3.05) is 0 Å². The zero-order valence-corrected chi connectivity index (χ0v) is 13.0. The fraction of sp³-hybridized carbons (Fsp3) is 0.643. The van der Waals surface area contributed by atoms with E-state index in [1.807, 2.05) is 13.8 Å². The van der Waals surface area contributed by atoms with Crippen LogP contribution < -0.4 is 0 Å². The average Bonchev–Trinajstić information content (AvgIpc) is 2.27. The molecule has 0 spiro atoms. The Balaban J connectivity index is 3.20. The Kier molecular flexibility index (Phi) is 5.79. The average molecular weight is 282 g/mol. The van der Waals surface area contributed by atoms with Gasteiger partial charge in [-0.2, -0.15) is 0 Å². The molecule has 0 saturated heterocycles. The maximum atomic E-state index is 11.4. The standard InChI is InChI=1S/C14H22N2O2S/c1-6-7-9(4)19-13-11(14(17)18)10(5)15-12(16-13)8(2)3/h8-9H,6-7H2,1-5H3,(H,17,18). The van der Waals surface area contributed by atoms with Crippen LogP contribution in [0.1, 0.15) is 68.3 Å². The smallest absolute Gasteiger partial charge is 0.340 e. The fourth-order valence-corrected chi connectivity index (χ4v) is 3.05. The molecule has 0 amide bonds. The normalized spacial score (nSPS) is 12.7. The van der Waals surface area contributed by atoms with Crippen molar-refractivity contribution >= 4 is 17.7 Å². The third-order valence-electron chi connectivity index (χ3n) is 2.81. The van der Waals surface area contributed by atoms with Crippen LogP contribution >= 0.6 is 11.8 Å². The van der Waals surface area contributed by atoms with Gasteiger partial charge in [-0.25, -0.2) is 14.8 Å². The Hall–Kier alpha value is -1.10. The number of aryl methyl sites for hydroxylation is 1. The molecule has 0 aliphatic carbocycles. The lowest BCUT2D eigenvalue weighted by Crippen LogP contribution is -2.12. The highest BCUT2D eigenvalue weighted by Gasteiger charge is 2.20. The maximum Gasteiger partial charge on any atom is 0.340 e. The molecular weight excluding hydrogens is 260 g/mol. The molecule has 0 saturated carbocycles. The maximum absolute atomic E-state index is 11.4. The summed E-state index contributed by atoms with van der Waals surface area (Å²) in [6.07, 6.45) is 2.13. The first-order valence-electron chi connectivity index (χ1n) is 6.65. The van der Waals surface area contributed by atoms with Crippen molar-refractivity contribution in [3.05, 3.63) is 17.1 Å². The number of carboxylic acids is 1. The Morgan fingerprint density at radius 1 is 1.32 bits per heavy atom. The van der Waals surface area contributed by atoms with Crippen LogP contribution in [0.15, 0.2) is 5.03 Å². The molecule has 1 heterocycles. The molecule has 4 nitrogen and oxygen atoms in total. The van der Waals surface area contributed by atoms with Gasteiger partial charge in [-0.15, -0.1) is 11.8 Å². The van der Waals surface area contributed by atoms with Crippen LogP contribution in [0, 0.1) is 6.92 Å². The van der Waals surface area contributed by atoms with Gasteiger partial charge in [0.25, 0.3) is 0 Å². The van der Waals surface area contributed by atoms with Crippen molar-refractivity contribution in [2.45, 2.75) is 63.7 Å². The van der Waals surface area contributed by atoms with E-state index in [9.17, 15) is 9.90 Å². The number of aromatic nitrogens is 2. The molecule has 5 heteroatoms. The predicted molar refractivity (Wildman–Crippen MR) is 78.0 cm³/mol. The Morgan fingerprint density at radius 3 is 2.42 bits per heavy atom. The number of rotatable bonds is 6. The van der Waals surface area contributed by atoms with Gasteiger partial charge in [0.15, 0.2) is 0 Å². The molecule has 0 radical (unpaired) electrons. The molecule has 1 aromatic rings. The summed E-state index contributed by atoms with van der Waals surface area (Å²) in [6, 6.07) is 0. The SMILES string of the molecule is CCCC(C)Sc1nc(C(C)C)nc(C)c1C(=O)O. The minimum atomic E-state index is -0.945. The highest BCUT2D eigenvalue weighted by Crippen LogP contribution is 2.29. The topological polar surface area (TPSA) is 63.1 Å². The Bertz CT molecular complexity index is 461. The van der Waals surface area contributed by atoms with Gasteiger partial charge in [-0.3, -0.25) is 0 Å². The predicted octanol–water partition coefficient (Wildman–Crippen LogP) is 3.89. The van der Waals surface area contributed by atoms with Gasteiger partial charge in [0.05, 0.1) is 5.69 Å². The summed E-state index contributed by atoms with van der Waals surface area (Å²) in [5, 5.41) is 10.3. The summed E-state index contributed by atoms with van der Waals surface area (Å²) < 4.78 is 0. The van der Waals surface area contributed by atoms with Crippen molar-refractivity contribution in [3.8, 4) is 0 Å². The third kappa shape index (κ3) is 4.20. The number of thioether (sulfide) groups is 1. The highest BCUT2D eigenvalue weighted by molar-refractivity contribution is 7.99. The second-order valence-electron chi connectivity index (χ2n) is 5.02. The lowest BCUT2D eigenvalue weighted by Gasteiger charge is -2.15. The van der Waals surface area contributed by atoms with Crippen molar-refractivity contribution in [1.82, 2.24) is 9.97 Å². The van der Waals surface area contributed by atoms with E-state index in [2.05, 4.69) is 23.8 Å². The van der Waals surface area contributed by atoms with E-state index in [0.29, 0.717) is 21.8 Å². The molecule has 0 aliphatic heterocycles. The van der Waals surface area contributed by atoms with Crippen LogP contribution in [-0.4, -0.2) is 26.3 Å². The zero-order valence-electron chi connectivity index (χ0n) is 12.2. The van der Waals surface area contributed by atoms with Gasteiger partial charge in [0, 0.05) is 11.2 Å². The summed E-state index contributed by atoms with van der Waals surface area (Å²) in [6.45, 7) is 10.00. The number of carboxylic acid groups (broad SMARTS) is 1. The molecule has 1 unspecified atom stereocenters. The minimum absolute atomic E-state index is 0.197. The summed E-state index contributed by atoms with van der Waals surface area (Å²) >= 11 is 1.54. The van der Waals surface area contributed by atoms with E-state index in [1.54, 1.807) is 6.92 Å². The second kappa shape index (κ2) is 6.89. The van der Waals surface area contributed by atoms with Gasteiger partial charge in [-0.05, 0) is 13.3 Å². The number of nitrogens with zero attached hydrogens (tertiary/aromatic N) is 2.